The Morgan fingerprint density at radius 3 is 1.22 bits per heavy atom. The summed E-state index contributed by atoms with van der Waals surface area (Å²) >= 11 is 36.5. The third-order valence-electron chi connectivity index (χ3n) is 2.91. The highest BCUT2D eigenvalue weighted by Crippen LogP contribution is 2.43. The lowest BCUT2D eigenvalue weighted by Crippen LogP contribution is -2.26. The Balaban J connectivity index is 3.23. The van der Waals surface area contributed by atoms with Crippen LogP contribution in [0.1, 0.15) is 36.1 Å². The largest absolute Gasteiger partial charge is 0.348 e. The van der Waals surface area contributed by atoms with Gasteiger partial charge < -0.3 is 0 Å². The summed E-state index contributed by atoms with van der Waals surface area (Å²) < 4.78 is 0. The van der Waals surface area contributed by atoms with Gasteiger partial charge in [-0.25, -0.2) is 0 Å². The second kappa shape index (κ2) is 6.44. The first-order valence-corrected chi connectivity index (χ1v) is 15.5. The van der Waals surface area contributed by atoms with Gasteiger partial charge in [0.1, 0.15) is 0 Å². The molecule has 0 fully saturated rings. The van der Waals surface area contributed by atoms with E-state index in [0.717, 1.165) is 11.1 Å². The molecule has 0 bridgehead atoms. The third-order valence-corrected chi connectivity index (χ3v) is 11.4. The average molecular weight is 401 g/mol. The smallest absolute Gasteiger partial charge is 0.125 e. The summed E-state index contributed by atoms with van der Waals surface area (Å²) in [5, 5.41) is 0. The monoisotopic (exact) mass is 398 g/mol. The van der Waals surface area contributed by atoms with Gasteiger partial charge in [0.05, 0.1) is 0 Å². The molecule has 2 unspecified atom stereocenters. The second-order valence-electron chi connectivity index (χ2n) is 4.16. The molecule has 0 heterocycles. The molecule has 0 aliphatic carbocycles. The van der Waals surface area contributed by atoms with Crippen molar-refractivity contribution in [2.45, 2.75) is 24.9 Å². The zero-order valence-electron chi connectivity index (χ0n) is 9.73. The fourth-order valence-electron chi connectivity index (χ4n) is 1.65. The minimum absolute atomic E-state index is 0.137. The van der Waals surface area contributed by atoms with E-state index in [2.05, 4.69) is 0 Å². The zero-order chi connectivity index (χ0) is 14.1. The van der Waals surface area contributed by atoms with E-state index in [4.69, 9.17) is 66.5 Å². The van der Waals surface area contributed by atoms with Gasteiger partial charge in [0.15, 0.2) is 0 Å². The lowest BCUT2D eigenvalue weighted by atomic mass is 10.0. The summed E-state index contributed by atoms with van der Waals surface area (Å²) in [5.74, 6) is 0. The van der Waals surface area contributed by atoms with Gasteiger partial charge in [-0.2, -0.15) is 0 Å². The van der Waals surface area contributed by atoms with Crippen LogP contribution in [-0.2, 0) is 0 Å². The molecule has 1 aromatic carbocycles. The predicted octanol–water partition coefficient (Wildman–Crippen LogP) is 6.28. The van der Waals surface area contributed by atoms with Crippen LogP contribution in [0.25, 0.3) is 0 Å². The van der Waals surface area contributed by atoms with E-state index in [1.54, 1.807) is 0 Å². The standard InChI is InChI=1S/C10H12Cl6Si2/c1-7(17(11,12)13)9-5-3-4-6-10(9)8(2)18(14,15)16/h3-8H,1-2H3. The molecular formula is C10H12Cl6Si2. The number of hydrogen-bond donors (Lipinski definition) is 0. The van der Waals surface area contributed by atoms with Gasteiger partial charge in [-0.3, -0.25) is 0 Å². The van der Waals surface area contributed by atoms with Crippen molar-refractivity contribution in [2.24, 2.45) is 0 Å². The first-order valence-electron chi connectivity index (χ1n) is 5.27. The molecule has 0 spiro atoms. The second-order valence-corrected chi connectivity index (χ2v) is 22.3. The highest BCUT2D eigenvalue weighted by molar-refractivity contribution is 7.65. The maximum absolute atomic E-state index is 6.09. The van der Waals surface area contributed by atoms with Crippen molar-refractivity contribution in [2.75, 3.05) is 0 Å². The Morgan fingerprint density at radius 1 is 0.722 bits per heavy atom. The van der Waals surface area contributed by atoms with E-state index in [0.29, 0.717) is 0 Å². The average Bonchev–Trinajstić information content (AvgIpc) is 2.24. The molecule has 0 radical (unpaired) electrons. The van der Waals surface area contributed by atoms with E-state index in [-0.39, 0.29) is 11.1 Å². The molecule has 18 heavy (non-hydrogen) atoms. The number of rotatable bonds is 4. The zero-order valence-corrected chi connectivity index (χ0v) is 16.3. The van der Waals surface area contributed by atoms with Crippen LogP contribution in [0.3, 0.4) is 0 Å². The lowest BCUT2D eigenvalue weighted by Gasteiger charge is -2.26. The molecule has 1 rings (SSSR count). The minimum atomic E-state index is -2.83. The first-order chi connectivity index (χ1) is 8.05. The Kier molecular flexibility index (Phi) is 6.24. The molecule has 0 saturated carbocycles. The fourth-order valence-corrected chi connectivity index (χ4v) is 5.00. The molecule has 0 aliphatic heterocycles. The molecule has 1 aromatic rings. The summed E-state index contributed by atoms with van der Waals surface area (Å²) in [6.07, 6.45) is 0. The molecule has 2 atom stereocenters. The van der Waals surface area contributed by atoms with Crippen molar-refractivity contribution in [1.82, 2.24) is 0 Å². The van der Waals surface area contributed by atoms with E-state index >= 15 is 0 Å². The van der Waals surface area contributed by atoms with Crippen LogP contribution in [0.5, 0.6) is 0 Å². The molecule has 0 N–H and O–H groups in total. The van der Waals surface area contributed by atoms with Crippen LogP contribution in [0.15, 0.2) is 24.3 Å². The van der Waals surface area contributed by atoms with E-state index in [1.165, 1.54) is 0 Å². The van der Waals surface area contributed by atoms with Crippen molar-refractivity contribution in [3.05, 3.63) is 35.4 Å². The van der Waals surface area contributed by atoms with Gasteiger partial charge >= 0.3 is 12.0 Å². The van der Waals surface area contributed by atoms with Crippen LogP contribution in [0, 0.1) is 0 Å². The Morgan fingerprint density at radius 2 is 1.00 bits per heavy atom. The summed E-state index contributed by atoms with van der Waals surface area (Å²) in [6.45, 7) is 3.81. The maximum Gasteiger partial charge on any atom is 0.348 e. The minimum Gasteiger partial charge on any atom is -0.125 e. The molecule has 0 amide bonds. The molecule has 0 aromatic heterocycles. The molecule has 0 saturated heterocycles. The summed E-state index contributed by atoms with van der Waals surface area (Å²) in [4.78, 5) is 0. The molecule has 102 valence electrons. The van der Waals surface area contributed by atoms with E-state index < -0.39 is 12.0 Å². The SMILES string of the molecule is CC(c1ccccc1C(C)[Si](Cl)(Cl)Cl)[Si](Cl)(Cl)Cl. The van der Waals surface area contributed by atoms with Crippen LogP contribution >= 0.6 is 66.5 Å². The Hall–Kier alpha value is 1.39. The highest BCUT2D eigenvalue weighted by atomic mass is 35.8. The maximum atomic E-state index is 6.09. The predicted molar refractivity (Wildman–Crippen MR) is 89.9 cm³/mol. The molecular weight excluding hydrogens is 389 g/mol. The van der Waals surface area contributed by atoms with Gasteiger partial charge in [0, 0.05) is 11.1 Å². The van der Waals surface area contributed by atoms with Crippen molar-refractivity contribution >= 4 is 78.5 Å². The van der Waals surface area contributed by atoms with Gasteiger partial charge in [-0.05, 0) is 11.1 Å². The lowest BCUT2D eigenvalue weighted by molar-refractivity contribution is 0.969. The van der Waals surface area contributed by atoms with Gasteiger partial charge in [0.2, 0.25) is 0 Å². The summed E-state index contributed by atoms with van der Waals surface area (Å²) in [5.41, 5.74) is 1.66. The fraction of sp³-hybridized carbons (Fsp3) is 0.400. The van der Waals surface area contributed by atoms with E-state index in [1.807, 2.05) is 38.1 Å². The molecule has 0 aliphatic rings. The topological polar surface area (TPSA) is 0 Å². The molecule has 0 nitrogen and oxygen atoms in total. The number of benzene rings is 1. The quantitative estimate of drug-likeness (QED) is 0.412. The first kappa shape index (κ1) is 17.4. The Labute approximate surface area is 138 Å². The van der Waals surface area contributed by atoms with Gasteiger partial charge in [-0.15, -0.1) is 66.5 Å². The number of halogens is 6. The molecule has 8 heteroatoms. The summed E-state index contributed by atoms with van der Waals surface area (Å²) in [6, 6.07) is 2.03. The van der Waals surface area contributed by atoms with Crippen LogP contribution < -0.4 is 0 Å². The van der Waals surface area contributed by atoms with Crippen LogP contribution in [0.4, 0.5) is 0 Å². The number of hydrogen-bond acceptors (Lipinski definition) is 0. The highest BCUT2D eigenvalue weighted by Gasteiger charge is 2.40. The van der Waals surface area contributed by atoms with Crippen LogP contribution in [0.2, 0.25) is 0 Å². The summed E-state index contributed by atoms with van der Waals surface area (Å²) in [7, 11) is 0. The van der Waals surface area contributed by atoms with Gasteiger partial charge in [-0.1, -0.05) is 38.1 Å². The third kappa shape index (κ3) is 4.45. The Bertz CT molecular complexity index is 373. The van der Waals surface area contributed by atoms with Crippen molar-refractivity contribution in [3.63, 3.8) is 0 Å². The van der Waals surface area contributed by atoms with Crippen molar-refractivity contribution < 1.29 is 0 Å². The van der Waals surface area contributed by atoms with Crippen molar-refractivity contribution in [1.29, 1.82) is 0 Å². The van der Waals surface area contributed by atoms with Crippen LogP contribution in [-0.4, -0.2) is 12.0 Å². The van der Waals surface area contributed by atoms with E-state index in [9.17, 15) is 0 Å². The van der Waals surface area contributed by atoms with Gasteiger partial charge in [0.25, 0.3) is 0 Å². The van der Waals surface area contributed by atoms with Crippen molar-refractivity contribution in [3.8, 4) is 0 Å². The normalized spacial score (nSPS) is 16.4.